The van der Waals surface area contributed by atoms with Crippen LogP contribution in [0.1, 0.15) is 13.3 Å². The summed E-state index contributed by atoms with van der Waals surface area (Å²) in [5.74, 6) is 0.452. The van der Waals surface area contributed by atoms with Gasteiger partial charge in [0.2, 0.25) is 0 Å². The van der Waals surface area contributed by atoms with Gasteiger partial charge in [-0.2, -0.15) is 0 Å². The Bertz CT molecular complexity index is 73.4. The highest BCUT2D eigenvalue weighted by atomic mass is 35.5. The summed E-state index contributed by atoms with van der Waals surface area (Å²) in [6.07, 6.45) is 0.848. The molecule has 0 radical (unpaired) electrons. The van der Waals surface area contributed by atoms with Gasteiger partial charge >= 0.3 is 0 Å². The summed E-state index contributed by atoms with van der Waals surface area (Å²) in [5.41, 5.74) is -0.226. The van der Waals surface area contributed by atoms with Crippen molar-refractivity contribution < 1.29 is 9.84 Å². The monoisotopic (exact) mass is 166 g/mol. The number of aliphatic hydroxyl groups excluding tert-OH is 1. The van der Waals surface area contributed by atoms with E-state index in [9.17, 15) is 0 Å². The highest BCUT2D eigenvalue weighted by Gasteiger charge is 2.25. The first kappa shape index (κ1) is 10.2. The number of ether oxygens (including phenoxy) is 1. The van der Waals surface area contributed by atoms with Crippen LogP contribution in [0.4, 0.5) is 0 Å². The first-order chi connectivity index (χ1) is 4.74. The van der Waals surface area contributed by atoms with Gasteiger partial charge in [-0.25, -0.2) is 0 Å². The van der Waals surface area contributed by atoms with Crippen molar-refractivity contribution in [2.45, 2.75) is 13.3 Å². The molecule has 0 heterocycles. The summed E-state index contributed by atoms with van der Waals surface area (Å²) < 4.78 is 4.94. The highest BCUT2D eigenvalue weighted by molar-refractivity contribution is 6.18. The topological polar surface area (TPSA) is 29.5 Å². The molecule has 0 aromatic rings. The third-order valence-corrected chi connectivity index (χ3v) is 2.39. The molecule has 0 aliphatic heterocycles. The van der Waals surface area contributed by atoms with E-state index in [1.54, 1.807) is 7.11 Å². The van der Waals surface area contributed by atoms with E-state index in [4.69, 9.17) is 21.4 Å². The van der Waals surface area contributed by atoms with E-state index in [2.05, 4.69) is 0 Å². The Morgan fingerprint density at radius 2 is 2.20 bits per heavy atom. The summed E-state index contributed by atoms with van der Waals surface area (Å²) >= 11 is 5.66. The number of hydrogen-bond acceptors (Lipinski definition) is 2. The first-order valence-electron chi connectivity index (χ1n) is 3.40. The zero-order valence-electron chi connectivity index (χ0n) is 6.56. The largest absolute Gasteiger partial charge is 0.396 e. The molecule has 0 aromatic carbocycles. The molecule has 1 unspecified atom stereocenters. The predicted octanol–water partition coefficient (Wildman–Crippen LogP) is 1.26. The molecular formula is C7H15ClO2. The van der Waals surface area contributed by atoms with Crippen molar-refractivity contribution >= 4 is 11.6 Å². The van der Waals surface area contributed by atoms with Gasteiger partial charge in [0.05, 0.1) is 13.2 Å². The summed E-state index contributed by atoms with van der Waals surface area (Å²) in [5, 5.41) is 8.94. The minimum absolute atomic E-state index is 0.0981. The zero-order valence-corrected chi connectivity index (χ0v) is 7.32. The van der Waals surface area contributed by atoms with Gasteiger partial charge < -0.3 is 9.84 Å². The minimum atomic E-state index is -0.226. The molecule has 0 bridgehead atoms. The quantitative estimate of drug-likeness (QED) is 0.624. The summed E-state index contributed by atoms with van der Waals surface area (Å²) in [7, 11) is 1.62. The number of methoxy groups -OCH3 is 1. The fourth-order valence-corrected chi connectivity index (χ4v) is 1.09. The molecule has 1 N–H and O–H groups in total. The van der Waals surface area contributed by atoms with Crippen LogP contribution >= 0.6 is 11.6 Å². The molecule has 0 aliphatic carbocycles. The third kappa shape index (κ3) is 2.45. The molecule has 0 aliphatic rings. The molecule has 0 saturated heterocycles. The Balaban J connectivity index is 3.87. The molecule has 10 heavy (non-hydrogen) atoms. The van der Waals surface area contributed by atoms with Crippen molar-refractivity contribution in [1.82, 2.24) is 0 Å². The maximum Gasteiger partial charge on any atom is 0.0552 e. The maximum absolute atomic E-state index is 8.94. The second-order valence-electron chi connectivity index (χ2n) is 2.58. The van der Waals surface area contributed by atoms with E-state index >= 15 is 0 Å². The summed E-state index contributed by atoms with van der Waals surface area (Å²) in [6, 6.07) is 0. The van der Waals surface area contributed by atoms with Crippen LogP contribution in [0.25, 0.3) is 0 Å². The van der Waals surface area contributed by atoms with Gasteiger partial charge in [0.25, 0.3) is 0 Å². The zero-order chi connectivity index (χ0) is 8.04. The Kier molecular flexibility index (Phi) is 5.04. The van der Waals surface area contributed by atoms with Crippen LogP contribution in [0.5, 0.6) is 0 Å². The molecule has 3 heteroatoms. The molecule has 62 valence electrons. The maximum atomic E-state index is 8.94. The average molecular weight is 167 g/mol. The third-order valence-electron chi connectivity index (χ3n) is 1.82. The van der Waals surface area contributed by atoms with Crippen LogP contribution in [0.2, 0.25) is 0 Å². The molecule has 1 atom stereocenters. The van der Waals surface area contributed by atoms with E-state index < -0.39 is 0 Å². The Morgan fingerprint density at radius 3 is 2.30 bits per heavy atom. The Morgan fingerprint density at radius 1 is 1.60 bits per heavy atom. The van der Waals surface area contributed by atoms with Crippen LogP contribution in [-0.4, -0.2) is 31.3 Å². The van der Waals surface area contributed by atoms with Crippen LogP contribution in [0.15, 0.2) is 0 Å². The SMILES string of the molecule is CCC(CO)(CCl)COC. The Hall–Kier alpha value is 0.210. The van der Waals surface area contributed by atoms with Gasteiger partial charge in [-0.3, -0.25) is 0 Å². The molecule has 0 spiro atoms. The van der Waals surface area contributed by atoms with Gasteiger partial charge in [0.15, 0.2) is 0 Å². The first-order valence-corrected chi connectivity index (χ1v) is 3.94. The summed E-state index contributed by atoms with van der Waals surface area (Å²) in [6.45, 7) is 2.63. The second kappa shape index (κ2) is 4.94. The lowest BCUT2D eigenvalue weighted by atomic mass is 9.90. The standard InChI is InChI=1S/C7H15ClO2/c1-3-7(4-8,5-9)6-10-2/h9H,3-6H2,1-2H3. The number of alkyl halides is 1. The number of hydrogen-bond donors (Lipinski definition) is 1. The molecule has 0 rings (SSSR count). The van der Waals surface area contributed by atoms with Gasteiger partial charge in [0, 0.05) is 18.4 Å². The molecule has 2 nitrogen and oxygen atoms in total. The Labute approximate surface area is 67.1 Å². The van der Waals surface area contributed by atoms with Crippen molar-refractivity contribution in [3.63, 3.8) is 0 Å². The van der Waals surface area contributed by atoms with Gasteiger partial charge in [0.1, 0.15) is 0 Å². The van der Waals surface area contributed by atoms with Crippen molar-refractivity contribution in [2.24, 2.45) is 5.41 Å². The summed E-state index contributed by atoms with van der Waals surface area (Å²) in [4.78, 5) is 0. The van der Waals surface area contributed by atoms with Crippen LogP contribution < -0.4 is 0 Å². The van der Waals surface area contributed by atoms with Crippen LogP contribution in [0, 0.1) is 5.41 Å². The lowest BCUT2D eigenvalue weighted by Crippen LogP contribution is -2.31. The van der Waals surface area contributed by atoms with E-state index in [1.807, 2.05) is 6.92 Å². The van der Waals surface area contributed by atoms with Crippen molar-refractivity contribution in [1.29, 1.82) is 0 Å². The van der Waals surface area contributed by atoms with Gasteiger partial charge in [-0.05, 0) is 6.42 Å². The van der Waals surface area contributed by atoms with Crippen molar-refractivity contribution in [2.75, 3.05) is 26.2 Å². The van der Waals surface area contributed by atoms with E-state index in [1.165, 1.54) is 0 Å². The minimum Gasteiger partial charge on any atom is -0.396 e. The van der Waals surface area contributed by atoms with Gasteiger partial charge in [-0.1, -0.05) is 6.92 Å². The molecular weight excluding hydrogens is 152 g/mol. The molecule has 0 amide bonds. The number of rotatable bonds is 5. The second-order valence-corrected chi connectivity index (χ2v) is 2.85. The van der Waals surface area contributed by atoms with Crippen molar-refractivity contribution in [3.8, 4) is 0 Å². The fourth-order valence-electron chi connectivity index (χ4n) is 0.741. The molecule has 0 aromatic heterocycles. The van der Waals surface area contributed by atoms with Crippen molar-refractivity contribution in [3.05, 3.63) is 0 Å². The lowest BCUT2D eigenvalue weighted by molar-refractivity contribution is 0.0424. The van der Waals surface area contributed by atoms with Gasteiger partial charge in [-0.15, -0.1) is 11.6 Å². The van der Waals surface area contributed by atoms with E-state index in [0.717, 1.165) is 6.42 Å². The highest BCUT2D eigenvalue weighted by Crippen LogP contribution is 2.22. The van der Waals surface area contributed by atoms with Crippen LogP contribution in [0.3, 0.4) is 0 Å². The van der Waals surface area contributed by atoms with Crippen LogP contribution in [-0.2, 0) is 4.74 Å². The lowest BCUT2D eigenvalue weighted by Gasteiger charge is -2.26. The molecule has 0 saturated carbocycles. The number of aliphatic hydroxyl groups is 1. The molecule has 0 fully saturated rings. The average Bonchev–Trinajstić information content (AvgIpc) is 2.01. The number of halogens is 1. The van der Waals surface area contributed by atoms with E-state index in [0.29, 0.717) is 12.5 Å². The normalized spacial score (nSPS) is 16.8. The fraction of sp³-hybridized carbons (Fsp3) is 1.00. The van der Waals surface area contributed by atoms with E-state index in [-0.39, 0.29) is 12.0 Å². The predicted molar refractivity (Wildman–Crippen MR) is 42.4 cm³/mol. The smallest absolute Gasteiger partial charge is 0.0552 e.